The highest BCUT2D eigenvalue weighted by Crippen LogP contribution is 2.33. The lowest BCUT2D eigenvalue weighted by Crippen LogP contribution is -2.11. The van der Waals surface area contributed by atoms with Crippen LogP contribution >= 0.6 is 0 Å². The van der Waals surface area contributed by atoms with Crippen molar-refractivity contribution in [3.8, 4) is 11.5 Å². The summed E-state index contributed by atoms with van der Waals surface area (Å²) in [6.45, 7) is 0. The van der Waals surface area contributed by atoms with Crippen LogP contribution < -0.4 is 4.74 Å². The maximum absolute atomic E-state index is 12.7. The van der Waals surface area contributed by atoms with Crippen molar-refractivity contribution in [3.63, 3.8) is 0 Å². The fraction of sp³-hybridized carbons (Fsp3) is 0.0667. The molecule has 3 rings (SSSR count). The molecule has 1 aromatic heterocycles. The SMILES string of the molecule is COc1cn(S(=O)(=O)c2ccccc2)c2ccc(O)cc12. The zero-order chi connectivity index (χ0) is 15.0. The number of fused-ring (bicyclic) bond motifs is 1. The van der Waals surface area contributed by atoms with Crippen molar-refractivity contribution in [2.45, 2.75) is 4.90 Å². The van der Waals surface area contributed by atoms with Crippen molar-refractivity contribution in [2.24, 2.45) is 0 Å². The van der Waals surface area contributed by atoms with Crippen molar-refractivity contribution < 1.29 is 18.3 Å². The smallest absolute Gasteiger partial charge is 0.268 e. The third-order valence-electron chi connectivity index (χ3n) is 3.24. The van der Waals surface area contributed by atoms with E-state index in [1.54, 1.807) is 24.3 Å². The van der Waals surface area contributed by atoms with E-state index in [-0.39, 0.29) is 10.6 Å². The molecule has 0 aliphatic carbocycles. The molecule has 0 amide bonds. The van der Waals surface area contributed by atoms with E-state index in [2.05, 4.69) is 0 Å². The van der Waals surface area contributed by atoms with Gasteiger partial charge in [-0.1, -0.05) is 18.2 Å². The van der Waals surface area contributed by atoms with Crippen LogP contribution in [0.2, 0.25) is 0 Å². The molecule has 0 aliphatic rings. The first-order valence-electron chi connectivity index (χ1n) is 6.23. The van der Waals surface area contributed by atoms with Crippen LogP contribution in [0.5, 0.6) is 11.5 Å². The van der Waals surface area contributed by atoms with E-state index in [9.17, 15) is 13.5 Å². The lowest BCUT2D eigenvalue weighted by molar-refractivity contribution is 0.419. The van der Waals surface area contributed by atoms with Crippen LogP contribution in [0.15, 0.2) is 59.6 Å². The van der Waals surface area contributed by atoms with Gasteiger partial charge in [0.1, 0.15) is 11.5 Å². The number of rotatable bonds is 3. The Bertz CT molecular complexity index is 898. The lowest BCUT2D eigenvalue weighted by Gasteiger charge is -2.07. The van der Waals surface area contributed by atoms with Crippen LogP contribution in [-0.2, 0) is 10.0 Å². The van der Waals surface area contributed by atoms with Crippen LogP contribution in [-0.4, -0.2) is 24.6 Å². The summed E-state index contributed by atoms with van der Waals surface area (Å²) in [5.41, 5.74) is 0.452. The van der Waals surface area contributed by atoms with Gasteiger partial charge in [0.15, 0.2) is 0 Å². The van der Waals surface area contributed by atoms with Crippen LogP contribution in [0, 0.1) is 0 Å². The number of methoxy groups -OCH3 is 1. The summed E-state index contributed by atoms with van der Waals surface area (Å²) in [7, 11) is -2.26. The molecular formula is C15H13NO4S. The molecule has 108 valence electrons. The van der Waals surface area contributed by atoms with Crippen molar-refractivity contribution in [3.05, 3.63) is 54.7 Å². The Morgan fingerprint density at radius 2 is 1.81 bits per heavy atom. The quantitative estimate of drug-likeness (QED) is 0.807. The monoisotopic (exact) mass is 303 g/mol. The van der Waals surface area contributed by atoms with Crippen molar-refractivity contribution >= 4 is 20.9 Å². The topological polar surface area (TPSA) is 68.5 Å². The number of phenols is 1. The van der Waals surface area contributed by atoms with E-state index in [0.717, 1.165) is 3.97 Å². The van der Waals surface area contributed by atoms with Gasteiger partial charge in [-0.25, -0.2) is 12.4 Å². The molecule has 1 heterocycles. The van der Waals surface area contributed by atoms with E-state index in [4.69, 9.17) is 4.74 Å². The van der Waals surface area contributed by atoms with Gasteiger partial charge in [0.25, 0.3) is 10.0 Å². The molecule has 1 N–H and O–H groups in total. The number of aromatic nitrogens is 1. The zero-order valence-corrected chi connectivity index (χ0v) is 12.0. The standard InChI is InChI=1S/C15H13NO4S/c1-20-15-10-16(14-8-7-11(17)9-13(14)15)21(18,19)12-5-3-2-4-6-12/h2-10,17H,1H3. The van der Waals surface area contributed by atoms with Crippen molar-refractivity contribution in [2.75, 3.05) is 7.11 Å². The van der Waals surface area contributed by atoms with Gasteiger partial charge in [0.05, 0.1) is 23.7 Å². The van der Waals surface area contributed by atoms with Crippen molar-refractivity contribution in [1.29, 1.82) is 0 Å². The number of hydrogen-bond acceptors (Lipinski definition) is 4. The lowest BCUT2D eigenvalue weighted by atomic mass is 10.2. The summed E-state index contributed by atoms with van der Waals surface area (Å²) in [4.78, 5) is 0.192. The number of nitrogens with zero attached hydrogens (tertiary/aromatic N) is 1. The maximum atomic E-state index is 12.7. The van der Waals surface area contributed by atoms with Gasteiger partial charge >= 0.3 is 0 Å². The van der Waals surface area contributed by atoms with Gasteiger partial charge in [-0.15, -0.1) is 0 Å². The molecule has 0 fully saturated rings. The molecule has 0 unspecified atom stereocenters. The highest BCUT2D eigenvalue weighted by Gasteiger charge is 2.21. The number of hydrogen-bond donors (Lipinski definition) is 1. The van der Waals surface area contributed by atoms with Crippen molar-refractivity contribution in [1.82, 2.24) is 3.97 Å². The number of aromatic hydroxyl groups is 1. The average molecular weight is 303 g/mol. The zero-order valence-electron chi connectivity index (χ0n) is 11.2. The molecule has 5 nitrogen and oxygen atoms in total. The second-order valence-corrected chi connectivity index (χ2v) is 6.33. The number of benzene rings is 2. The Labute approximate surface area is 122 Å². The molecule has 3 aromatic rings. The van der Waals surface area contributed by atoms with Gasteiger partial charge in [-0.3, -0.25) is 0 Å². The first-order valence-corrected chi connectivity index (χ1v) is 7.67. The fourth-order valence-corrected chi connectivity index (χ4v) is 3.61. The summed E-state index contributed by atoms with van der Waals surface area (Å²) < 4.78 is 31.8. The predicted molar refractivity (Wildman–Crippen MR) is 79.2 cm³/mol. The van der Waals surface area contributed by atoms with E-state index in [1.165, 1.54) is 37.6 Å². The second kappa shape index (κ2) is 4.82. The Kier molecular flexibility index (Phi) is 3.10. The average Bonchev–Trinajstić information content (AvgIpc) is 2.86. The molecule has 0 saturated carbocycles. The van der Waals surface area contributed by atoms with Gasteiger partial charge in [-0.05, 0) is 30.3 Å². The minimum absolute atomic E-state index is 0.0515. The van der Waals surface area contributed by atoms with Gasteiger partial charge in [0, 0.05) is 5.39 Å². The molecule has 21 heavy (non-hydrogen) atoms. The Morgan fingerprint density at radius 3 is 2.48 bits per heavy atom. The summed E-state index contributed by atoms with van der Waals surface area (Å²) in [6, 6.07) is 12.6. The molecule has 2 aromatic carbocycles. The molecule has 0 atom stereocenters. The highest BCUT2D eigenvalue weighted by atomic mass is 32.2. The third-order valence-corrected chi connectivity index (χ3v) is 4.93. The summed E-state index contributed by atoms with van der Waals surface area (Å²) >= 11 is 0. The van der Waals surface area contributed by atoms with Crippen LogP contribution in [0.25, 0.3) is 10.9 Å². The van der Waals surface area contributed by atoms with E-state index in [1.807, 2.05) is 0 Å². The minimum atomic E-state index is -3.71. The normalized spacial score (nSPS) is 11.7. The van der Waals surface area contributed by atoms with E-state index >= 15 is 0 Å². The molecule has 0 saturated heterocycles. The third kappa shape index (κ3) is 2.13. The Hall–Kier alpha value is -2.47. The maximum Gasteiger partial charge on any atom is 0.268 e. The minimum Gasteiger partial charge on any atom is -0.508 e. The van der Waals surface area contributed by atoms with Gasteiger partial charge in [-0.2, -0.15) is 0 Å². The predicted octanol–water partition coefficient (Wildman–Crippen LogP) is 2.59. The summed E-state index contributed by atoms with van der Waals surface area (Å²) in [5.74, 6) is 0.441. The largest absolute Gasteiger partial charge is 0.508 e. The molecule has 0 spiro atoms. The first-order chi connectivity index (χ1) is 10.0. The van der Waals surface area contributed by atoms with Crippen LogP contribution in [0.3, 0.4) is 0 Å². The molecular weight excluding hydrogens is 290 g/mol. The molecule has 0 aliphatic heterocycles. The second-order valence-electron chi connectivity index (χ2n) is 4.51. The number of ether oxygens (including phenoxy) is 1. The fourth-order valence-electron chi connectivity index (χ4n) is 2.23. The first kappa shape index (κ1) is 13.5. The Morgan fingerprint density at radius 1 is 1.10 bits per heavy atom. The highest BCUT2D eigenvalue weighted by molar-refractivity contribution is 7.90. The van der Waals surface area contributed by atoms with Gasteiger partial charge < -0.3 is 9.84 Å². The summed E-state index contributed by atoms with van der Waals surface area (Å²) in [5, 5.41) is 10.1. The van der Waals surface area contributed by atoms with Gasteiger partial charge in [0.2, 0.25) is 0 Å². The van der Waals surface area contributed by atoms with E-state index < -0.39 is 10.0 Å². The molecule has 0 bridgehead atoms. The summed E-state index contributed by atoms with van der Waals surface area (Å²) in [6.07, 6.45) is 1.41. The van der Waals surface area contributed by atoms with Crippen LogP contribution in [0.1, 0.15) is 0 Å². The number of phenolic OH excluding ortho intramolecular Hbond substituents is 1. The Balaban J connectivity index is 2.31. The van der Waals surface area contributed by atoms with Crippen LogP contribution in [0.4, 0.5) is 0 Å². The molecule has 6 heteroatoms. The van der Waals surface area contributed by atoms with E-state index in [0.29, 0.717) is 16.7 Å². The molecule has 0 radical (unpaired) electrons.